The number of carbonyl (C=O) groups excluding carboxylic acids is 5. The Morgan fingerprint density at radius 1 is 0.449 bits per heavy atom. The first kappa shape index (κ1) is 65.3. The lowest BCUT2D eigenvalue weighted by molar-refractivity contribution is -0.135. The number of nitrogens with zero attached hydrogens (tertiary/aromatic N) is 2. The van der Waals surface area contributed by atoms with Crippen LogP contribution in [-0.2, 0) is 23.9 Å². The number of unbranched alkanes of at least 4 members (excludes halogenated alkanes) is 20. The Morgan fingerprint density at radius 2 is 0.769 bits per heavy atom. The van der Waals surface area contributed by atoms with Gasteiger partial charge < -0.3 is 35.2 Å². The van der Waals surface area contributed by atoms with Gasteiger partial charge in [-0.1, -0.05) is 129 Å². The highest BCUT2D eigenvalue weighted by Crippen LogP contribution is 2.23. The van der Waals surface area contributed by atoms with E-state index < -0.39 is 0 Å². The number of anilines is 2. The van der Waals surface area contributed by atoms with Crippen molar-refractivity contribution in [2.45, 2.75) is 219 Å². The van der Waals surface area contributed by atoms with Gasteiger partial charge in [-0.05, 0) is 161 Å². The summed E-state index contributed by atoms with van der Waals surface area (Å²) in [6.45, 7) is 4.39. The molecule has 4 rings (SSSR count). The van der Waals surface area contributed by atoms with Gasteiger partial charge in [0.05, 0.1) is 16.8 Å². The third-order valence-corrected chi connectivity index (χ3v) is 13.4. The van der Waals surface area contributed by atoms with Crippen LogP contribution < -0.4 is 25.7 Å². The maximum absolute atomic E-state index is 12.7. The quantitative estimate of drug-likeness (QED) is 0.00806. The van der Waals surface area contributed by atoms with Crippen molar-refractivity contribution < 1.29 is 47.7 Å². The number of ether oxygens (including phenoxy) is 5. The molecule has 0 heterocycles. The zero-order valence-electron chi connectivity index (χ0n) is 46.7. The van der Waals surface area contributed by atoms with Crippen LogP contribution in [0.5, 0.6) is 17.2 Å². The molecule has 2 atom stereocenters. The van der Waals surface area contributed by atoms with Crippen LogP contribution >= 0.6 is 0 Å². The van der Waals surface area contributed by atoms with E-state index in [9.17, 15) is 24.0 Å². The molecule has 0 fully saturated rings. The number of nitrogen functional groups attached to an aromatic ring is 2. The second-order valence-electron chi connectivity index (χ2n) is 20.0. The normalized spacial score (nSPS) is 11.4. The summed E-state index contributed by atoms with van der Waals surface area (Å²) in [6, 6.07) is 26.7. The average Bonchev–Trinajstić information content (AvgIpc) is 3.43. The molecule has 0 spiro atoms. The van der Waals surface area contributed by atoms with Gasteiger partial charge in [-0.2, -0.15) is 4.99 Å². The average molecular weight is 1070 g/mol. The zero-order chi connectivity index (χ0) is 56.3. The summed E-state index contributed by atoms with van der Waals surface area (Å²) in [5.74, 6) is 0.352. The van der Waals surface area contributed by atoms with Crippen molar-refractivity contribution in [3.63, 3.8) is 0 Å². The fourth-order valence-electron chi connectivity index (χ4n) is 8.84. The van der Waals surface area contributed by atoms with Crippen molar-refractivity contribution in [3.8, 4) is 23.5 Å². The minimum atomic E-state index is -0.333. The van der Waals surface area contributed by atoms with Crippen molar-refractivity contribution in [2.75, 3.05) is 11.5 Å². The van der Waals surface area contributed by atoms with Gasteiger partial charge in [0.1, 0.15) is 29.5 Å². The third-order valence-electron chi connectivity index (χ3n) is 13.4. The third kappa shape index (κ3) is 31.3. The van der Waals surface area contributed by atoms with Crippen molar-refractivity contribution in [1.29, 1.82) is 5.26 Å². The lowest BCUT2D eigenvalue weighted by Crippen LogP contribution is -2.18. The first-order valence-corrected chi connectivity index (χ1v) is 28.9. The maximum Gasteiger partial charge on any atom is 0.338 e. The summed E-state index contributed by atoms with van der Waals surface area (Å²) in [5.41, 5.74) is 14.2. The van der Waals surface area contributed by atoms with Crippen molar-refractivity contribution in [3.05, 3.63) is 108 Å². The number of nitrogens with two attached hydrogens (primary N) is 2. The van der Waals surface area contributed by atoms with Crippen molar-refractivity contribution >= 4 is 47.0 Å². The van der Waals surface area contributed by atoms with Crippen LogP contribution in [-0.4, -0.2) is 42.2 Å². The molecule has 0 saturated heterocycles. The van der Waals surface area contributed by atoms with Crippen molar-refractivity contribution in [2.24, 2.45) is 4.99 Å². The minimum Gasteiger partial charge on any atom is -0.459 e. The SMILES string of the molecule is CCCCCC[C@H](CCCCCCCCCCC(=O)Oc1ccc(N)cc1)OC(=O)c1ccc(N)cc1.CCCCCC[C@H](CCCCCCCCCCC(=O)Oc1ccc(N=C=O)cc1)OC(=O)c1ccc(OC#N)cc1. The summed E-state index contributed by atoms with van der Waals surface area (Å²) >= 11 is 0. The summed E-state index contributed by atoms with van der Waals surface area (Å²) in [6.07, 6.45) is 33.9. The van der Waals surface area contributed by atoms with Crippen LogP contribution in [0.4, 0.5) is 17.1 Å². The van der Waals surface area contributed by atoms with Gasteiger partial charge in [0.25, 0.3) is 6.26 Å². The number of aliphatic imine (C=N–C) groups is 1. The fraction of sp³-hybridized carbons (Fsp3) is 0.531. The number of benzene rings is 4. The molecule has 0 saturated carbocycles. The number of hydrogen-bond acceptors (Lipinski definition) is 14. The zero-order valence-corrected chi connectivity index (χ0v) is 46.7. The predicted octanol–water partition coefficient (Wildman–Crippen LogP) is 16.4. The van der Waals surface area contributed by atoms with Crippen LogP contribution in [0.15, 0.2) is 102 Å². The topological polar surface area (TPSA) is 220 Å². The Balaban J connectivity index is 0.000000412. The van der Waals surface area contributed by atoms with Crippen LogP contribution in [0, 0.1) is 11.5 Å². The number of carbonyl (C=O) groups is 4. The van der Waals surface area contributed by atoms with E-state index in [0.29, 0.717) is 58.3 Å². The molecule has 78 heavy (non-hydrogen) atoms. The van der Waals surface area contributed by atoms with E-state index in [0.717, 1.165) is 128 Å². The monoisotopic (exact) mass is 1070 g/mol. The standard InChI is InChI=1S/C33H42N2O6.C31H46N2O4/c1-2-3-4-11-14-30(41-33(38)27-17-21-29(22-18-27)39-25-34)15-12-9-7-5-6-8-10-13-16-32(37)40-31-23-19-28(20-24-31)35-26-36;1-2-3-4-11-14-28(37-31(35)25-17-19-26(32)20-18-25)15-12-9-7-5-6-8-10-13-16-30(34)36-29-23-21-27(33)22-24-29/h17-24,30H,2-16H2,1H3;17-24,28H,2-16,32-33H2,1H3/t30-;28-/m11/s1. The highest BCUT2D eigenvalue weighted by Gasteiger charge is 2.18. The van der Waals surface area contributed by atoms with Gasteiger partial charge in [-0.15, -0.1) is 5.26 Å². The smallest absolute Gasteiger partial charge is 0.338 e. The summed E-state index contributed by atoms with van der Waals surface area (Å²) in [7, 11) is 0. The van der Waals surface area contributed by atoms with E-state index in [1.54, 1.807) is 103 Å². The number of rotatable bonds is 40. The second kappa shape index (κ2) is 42.1. The lowest BCUT2D eigenvalue weighted by atomic mass is 10.0. The Labute approximate surface area is 465 Å². The van der Waals surface area contributed by atoms with Crippen LogP contribution in [0.25, 0.3) is 0 Å². The molecule has 0 aliphatic rings. The number of isocyanates is 1. The Hall–Kier alpha value is -6.97. The highest BCUT2D eigenvalue weighted by atomic mass is 16.6. The molecular formula is C64H88N4O10. The Bertz CT molecular complexity index is 2340. The number of nitriles is 1. The highest BCUT2D eigenvalue weighted by molar-refractivity contribution is 5.90. The van der Waals surface area contributed by atoms with E-state index in [1.807, 2.05) is 0 Å². The van der Waals surface area contributed by atoms with Crippen LogP contribution in [0.3, 0.4) is 0 Å². The van der Waals surface area contributed by atoms with Crippen molar-refractivity contribution in [1.82, 2.24) is 0 Å². The first-order chi connectivity index (χ1) is 38.0. The maximum atomic E-state index is 12.7. The molecule has 0 radical (unpaired) electrons. The Morgan fingerprint density at radius 3 is 1.14 bits per heavy atom. The molecule has 424 valence electrons. The Kier molecular flexibility index (Phi) is 35.3. The molecule has 0 aromatic heterocycles. The van der Waals surface area contributed by atoms with Gasteiger partial charge in [-0.3, -0.25) is 9.59 Å². The van der Waals surface area contributed by atoms with Crippen LogP contribution in [0.1, 0.15) is 227 Å². The molecule has 0 bridgehead atoms. The van der Waals surface area contributed by atoms with Crippen LogP contribution in [0.2, 0.25) is 0 Å². The first-order valence-electron chi connectivity index (χ1n) is 28.9. The van der Waals surface area contributed by atoms with Gasteiger partial charge in [-0.25, -0.2) is 14.4 Å². The molecule has 14 heteroatoms. The molecule has 0 aliphatic carbocycles. The lowest BCUT2D eigenvalue weighted by Gasteiger charge is -2.18. The number of hydrogen-bond donors (Lipinski definition) is 2. The van der Waals surface area contributed by atoms with Gasteiger partial charge in [0.2, 0.25) is 6.08 Å². The van der Waals surface area contributed by atoms with E-state index >= 15 is 0 Å². The molecular weight excluding hydrogens is 985 g/mol. The molecule has 4 N–H and O–H groups in total. The van der Waals surface area contributed by atoms with Gasteiger partial charge in [0, 0.05) is 24.2 Å². The van der Waals surface area contributed by atoms with Gasteiger partial charge in [0.15, 0.2) is 0 Å². The van der Waals surface area contributed by atoms with E-state index in [-0.39, 0.29) is 36.1 Å². The summed E-state index contributed by atoms with van der Waals surface area (Å²) in [5, 5.41) is 8.61. The molecule has 4 aromatic carbocycles. The fourth-order valence-corrected chi connectivity index (χ4v) is 8.84. The summed E-state index contributed by atoms with van der Waals surface area (Å²) in [4.78, 5) is 62.9. The van der Waals surface area contributed by atoms with E-state index in [1.165, 1.54) is 57.4 Å². The predicted molar refractivity (Wildman–Crippen MR) is 308 cm³/mol. The minimum absolute atomic E-state index is 0.0186. The molecule has 14 nitrogen and oxygen atoms in total. The summed E-state index contributed by atoms with van der Waals surface area (Å²) < 4.78 is 27.1. The van der Waals surface area contributed by atoms with E-state index in [2.05, 4.69) is 18.8 Å². The molecule has 4 aromatic rings. The van der Waals surface area contributed by atoms with E-state index in [4.69, 9.17) is 40.4 Å². The molecule has 0 unspecified atom stereocenters. The largest absolute Gasteiger partial charge is 0.459 e. The molecule has 0 aliphatic heterocycles. The second-order valence-corrected chi connectivity index (χ2v) is 20.0. The number of esters is 4. The molecule has 0 amide bonds. The van der Waals surface area contributed by atoms with Gasteiger partial charge >= 0.3 is 23.9 Å².